The van der Waals surface area contributed by atoms with Crippen LogP contribution in [0.1, 0.15) is 28.4 Å². The van der Waals surface area contributed by atoms with Gasteiger partial charge in [0.25, 0.3) is 11.4 Å². The summed E-state index contributed by atoms with van der Waals surface area (Å²) >= 11 is 0. The molecule has 0 saturated carbocycles. The largest absolute Gasteiger partial charge is 0.384 e. The highest BCUT2D eigenvalue weighted by atomic mass is 16.6. The summed E-state index contributed by atoms with van der Waals surface area (Å²) in [5, 5.41) is 32.6. The molecule has 148 valence electrons. The zero-order valence-electron chi connectivity index (χ0n) is 15.6. The number of benzene rings is 3. The molecule has 0 aliphatic heterocycles. The van der Waals surface area contributed by atoms with E-state index >= 15 is 0 Å². The predicted octanol–water partition coefficient (Wildman–Crippen LogP) is 5.17. The molecule has 1 atom stereocenters. The summed E-state index contributed by atoms with van der Waals surface area (Å²) in [4.78, 5) is 20.8. The van der Waals surface area contributed by atoms with Crippen LogP contribution >= 0.6 is 0 Å². The number of nitro groups is 2. The molecule has 7 nitrogen and oxygen atoms in total. The number of hydrogen-bond acceptors (Lipinski definition) is 5. The van der Waals surface area contributed by atoms with Gasteiger partial charge in [-0.2, -0.15) is 0 Å². The molecule has 0 fully saturated rings. The number of rotatable bonds is 5. The highest BCUT2D eigenvalue weighted by molar-refractivity contribution is 6.02. The van der Waals surface area contributed by atoms with Crippen molar-refractivity contribution in [2.45, 2.75) is 6.10 Å². The maximum atomic E-state index is 10.9. The molecule has 0 saturated heterocycles. The average molecular weight is 400 g/mol. The molecule has 0 spiro atoms. The van der Waals surface area contributed by atoms with E-state index in [1.54, 1.807) is 24.3 Å². The molecule has 3 aromatic carbocycles. The second-order valence-corrected chi connectivity index (χ2v) is 6.84. The summed E-state index contributed by atoms with van der Waals surface area (Å²) < 4.78 is 0. The van der Waals surface area contributed by atoms with Gasteiger partial charge in [-0.3, -0.25) is 20.2 Å². The number of hydrogen-bond donors (Lipinski definition) is 1. The lowest BCUT2D eigenvalue weighted by atomic mass is 9.96. The summed E-state index contributed by atoms with van der Waals surface area (Å²) in [5.41, 5.74) is 4.71. The molecule has 1 aliphatic rings. The summed E-state index contributed by atoms with van der Waals surface area (Å²) in [6.07, 6.45) is 2.82. The first-order chi connectivity index (χ1) is 14.4. The van der Waals surface area contributed by atoms with E-state index in [-0.39, 0.29) is 11.4 Å². The first-order valence-corrected chi connectivity index (χ1v) is 9.14. The SMILES string of the molecule is O=[N+]([O-])c1ccc(/C=C2\C=C([C@@H](O)c3ccc([N+](=O)[O-])cc3)c3ccccc32)cc1. The van der Waals surface area contributed by atoms with Gasteiger partial charge < -0.3 is 5.11 Å². The fraction of sp³-hybridized carbons (Fsp3) is 0.0435. The van der Waals surface area contributed by atoms with Gasteiger partial charge in [0.15, 0.2) is 0 Å². The molecule has 0 heterocycles. The van der Waals surface area contributed by atoms with E-state index in [1.165, 1.54) is 24.3 Å². The maximum absolute atomic E-state index is 10.9. The maximum Gasteiger partial charge on any atom is 0.269 e. The molecule has 1 N–H and O–H groups in total. The van der Waals surface area contributed by atoms with Crippen LogP contribution in [0.2, 0.25) is 0 Å². The van der Waals surface area contributed by atoms with E-state index in [2.05, 4.69) is 0 Å². The topological polar surface area (TPSA) is 107 Å². The van der Waals surface area contributed by atoms with E-state index in [0.717, 1.165) is 22.3 Å². The normalized spacial score (nSPS) is 14.8. The van der Waals surface area contributed by atoms with Gasteiger partial charge in [0.05, 0.1) is 9.85 Å². The van der Waals surface area contributed by atoms with Gasteiger partial charge in [-0.1, -0.05) is 24.3 Å². The van der Waals surface area contributed by atoms with E-state index in [4.69, 9.17) is 0 Å². The minimum Gasteiger partial charge on any atom is -0.384 e. The zero-order chi connectivity index (χ0) is 21.3. The highest BCUT2D eigenvalue weighted by Crippen LogP contribution is 2.42. The number of nitrogens with zero attached hydrogens (tertiary/aromatic N) is 2. The third-order valence-corrected chi connectivity index (χ3v) is 5.00. The Balaban J connectivity index is 1.71. The smallest absolute Gasteiger partial charge is 0.269 e. The van der Waals surface area contributed by atoms with Gasteiger partial charge in [0.1, 0.15) is 6.10 Å². The summed E-state index contributed by atoms with van der Waals surface area (Å²) in [6.45, 7) is 0. The molecule has 4 rings (SSSR count). The Kier molecular flexibility index (Phi) is 4.95. The fourth-order valence-electron chi connectivity index (χ4n) is 3.48. The molecule has 0 amide bonds. The van der Waals surface area contributed by atoms with Gasteiger partial charge in [0, 0.05) is 24.3 Å². The second kappa shape index (κ2) is 7.73. The van der Waals surface area contributed by atoms with Crippen molar-refractivity contribution in [1.29, 1.82) is 0 Å². The number of aliphatic hydroxyl groups excluding tert-OH is 1. The summed E-state index contributed by atoms with van der Waals surface area (Å²) in [5.74, 6) is 0. The van der Waals surface area contributed by atoms with Crippen LogP contribution in [0.3, 0.4) is 0 Å². The molecule has 30 heavy (non-hydrogen) atoms. The molecule has 3 aromatic rings. The molecule has 0 unspecified atom stereocenters. The van der Waals surface area contributed by atoms with Crippen molar-refractivity contribution >= 4 is 28.6 Å². The van der Waals surface area contributed by atoms with Gasteiger partial charge in [-0.25, -0.2) is 0 Å². The fourth-order valence-corrected chi connectivity index (χ4v) is 3.48. The van der Waals surface area contributed by atoms with Crippen LogP contribution in [-0.2, 0) is 0 Å². The first kappa shape index (κ1) is 19.2. The van der Waals surface area contributed by atoms with E-state index < -0.39 is 16.0 Å². The van der Waals surface area contributed by atoms with Crippen molar-refractivity contribution in [3.8, 4) is 0 Å². The predicted molar refractivity (Wildman–Crippen MR) is 113 cm³/mol. The molecule has 1 aliphatic carbocycles. The molecule has 0 aromatic heterocycles. The van der Waals surface area contributed by atoms with Crippen LogP contribution in [0.15, 0.2) is 78.9 Å². The van der Waals surface area contributed by atoms with Gasteiger partial charge in [-0.15, -0.1) is 0 Å². The Morgan fingerprint density at radius 2 is 1.30 bits per heavy atom. The standard InChI is InChI=1S/C23H16N2O5/c26-23(16-7-11-19(12-8-16)25(29)30)22-14-17(20-3-1-2-4-21(20)22)13-15-5-9-18(10-6-15)24(27)28/h1-14,23,26H/b17-13+/t23-/m0/s1. The quantitative estimate of drug-likeness (QED) is 0.469. The molecule has 0 bridgehead atoms. The van der Waals surface area contributed by atoms with Crippen molar-refractivity contribution in [2.24, 2.45) is 0 Å². The number of nitro benzene ring substituents is 2. The zero-order valence-corrected chi connectivity index (χ0v) is 15.6. The second-order valence-electron chi connectivity index (χ2n) is 6.84. The lowest BCUT2D eigenvalue weighted by molar-refractivity contribution is -0.385. The lowest BCUT2D eigenvalue weighted by Crippen LogP contribution is -2.00. The van der Waals surface area contributed by atoms with E-state index in [0.29, 0.717) is 11.1 Å². The Bertz CT molecular complexity index is 1200. The van der Waals surface area contributed by atoms with Crippen LogP contribution in [0, 0.1) is 20.2 Å². The number of allylic oxidation sites excluding steroid dienone is 2. The summed E-state index contributed by atoms with van der Waals surface area (Å²) in [7, 11) is 0. The van der Waals surface area contributed by atoms with Crippen molar-refractivity contribution < 1.29 is 15.0 Å². The van der Waals surface area contributed by atoms with Gasteiger partial charge in [0.2, 0.25) is 0 Å². The molecular weight excluding hydrogens is 384 g/mol. The van der Waals surface area contributed by atoms with Crippen LogP contribution in [0.25, 0.3) is 17.2 Å². The first-order valence-electron chi connectivity index (χ1n) is 9.14. The van der Waals surface area contributed by atoms with Crippen molar-refractivity contribution in [2.75, 3.05) is 0 Å². The average Bonchev–Trinajstić information content (AvgIpc) is 3.12. The highest BCUT2D eigenvalue weighted by Gasteiger charge is 2.24. The Hall–Kier alpha value is -4.10. The number of fused-ring (bicyclic) bond motifs is 1. The Labute approximate surface area is 171 Å². The Morgan fingerprint density at radius 1 is 0.767 bits per heavy atom. The number of aliphatic hydroxyl groups is 1. The van der Waals surface area contributed by atoms with Crippen LogP contribution in [0.5, 0.6) is 0 Å². The minimum absolute atomic E-state index is 0.0220. The molecular formula is C23H16N2O5. The van der Waals surface area contributed by atoms with E-state index in [1.807, 2.05) is 36.4 Å². The molecule has 0 radical (unpaired) electrons. The summed E-state index contributed by atoms with van der Waals surface area (Å²) in [6, 6.07) is 19.7. The van der Waals surface area contributed by atoms with Crippen LogP contribution in [-0.4, -0.2) is 15.0 Å². The monoisotopic (exact) mass is 400 g/mol. The minimum atomic E-state index is -0.949. The van der Waals surface area contributed by atoms with Crippen molar-refractivity contribution in [1.82, 2.24) is 0 Å². The van der Waals surface area contributed by atoms with Gasteiger partial charge >= 0.3 is 0 Å². The van der Waals surface area contributed by atoms with Crippen LogP contribution < -0.4 is 0 Å². The lowest BCUT2D eigenvalue weighted by Gasteiger charge is -2.13. The Morgan fingerprint density at radius 3 is 1.87 bits per heavy atom. The molecule has 7 heteroatoms. The van der Waals surface area contributed by atoms with Gasteiger partial charge in [-0.05, 0) is 69.8 Å². The van der Waals surface area contributed by atoms with E-state index in [9.17, 15) is 25.3 Å². The third kappa shape index (κ3) is 3.61. The number of non-ortho nitro benzene ring substituents is 2. The third-order valence-electron chi connectivity index (χ3n) is 5.00. The van der Waals surface area contributed by atoms with Crippen molar-refractivity contribution in [3.63, 3.8) is 0 Å². The van der Waals surface area contributed by atoms with Crippen LogP contribution in [0.4, 0.5) is 11.4 Å². The van der Waals surface area contributed by atoms with Crippen molar-refractivity contribution in [3.05, 3.63) is 121 Å².